The van der Waals surface area contributed by atoms with Gasteiger partial charge in [0.15, 0.2) is 5.82 Å². The first-order chi connectivity index (χ1) is 15.5. The van der Waals surface area contributed by atoms with Crippen LogP contribution in [-0.4, -0.2) is 56.7 Å². The van der Waals surface area contributed by atoms with E-state index < -0.39 is 0 Å². The van der Waals surface area contributed by atoms with Gasteiger partial charge in [-0.05, 0) is 45.4 Å². The summed E-state index contributed by atoms with van der Waals surface area (Å²) in [6.45, 7) is 11.0. The molecule has 0 bridgehead atoms. The average Bonchev–Trinajstić information content (AvgIpc) is 3.40. The van der Waals surface area contributed by atoms with E-state index >= 15 is 0 Å². The van der Waals surface area contributed by atoms with Crippen LogP contribution in [0.5, 0.6) is 0 Å². The fourth-order valence-corrected chi connectivity index (χ4v) is 5.23. The molecule has 0 saturated carbocycles. The Morgan fingerprint density at radius 1 is 1.38 bits per heavy atom. The van der Waals surface area contributed by atoms with E-state index in [-0.39, 0.29) is 6.04 Å². The van der Waals surface area contributed by atoms with Crippen molar-refractivity contribution >= 4 is 33.5 Å². The van der Waals surface area contributed by atoms with E-state index in [4.69, 9.17) is 0 Å². The van der Waals surface area contributed by atoms with Crippen LogP contribution in [-0.2, 0) is 11.2 Å². The highest BCUT2D eigenvalue weighted by molar-refractivity contribution is 7.18. The topological polar surface area (TPSA) is 65.1 Å². The summed E-state index contributed by atoms with van der Waals surface area (Å²) in [6.07, 6.45) is 4.94. The Bertz CT molecular complexity index is 1200. The minimum atomic E-state index is 0.246. The van der Waals surface area contributed by atoms with Gasteiger partial charge in [-0.15, -0.1) is 17.3 Å². The van der Waals surface area contributed by atoms with Crippen molar-refractivity contribution in [3.63, 3.8) is 0 Å². The third kappa shape index (κ3) is 4.62. The number of hydrogen-bond donors (Lipinski definition) is 1. The monoisotopic (exact) mass is 447 g/mol. The van der Waals surface area contributed by atoms with Crippen LogP contribution in [0.25, 0.3) is 15.9 Å². The number of aldehydes is 1. The van der Waals surface area contributed by atoms with Crippen molar-refractivity contribution < 1.29 is 4.79 Å². The van der Waals surface area contributed by atoms with E-state index in [0.717, 1.165) is 53.7 Å². The number of fused-ring (bicyclic) bond motifs is 1. The largest absolute Gasteiger partial charge is 0.363 e. The van der Waals surface area contributed by atoms with Gasteiger partial charge in [0.25, 0.3) is 0 Å². The number of imidazole rings is 1. The SMILES string of the molecule is CC#CCc1c[nH]c(/C(=C\C=O)N2CCN(C(C)c3ccc4nc(C)sc4c3)CC2C)n1. The van der Waals surface area contributed by atoms with Crippen LogP contribution >= 0.6 is 11.3 Å². The zero-order chi connectivity index (χ0) is 22.7. The molecule has 1 saturated heterocycles. The number of allylic oxidation sites excluding steroid dienone is 1. The molecule has 0 radical (unpaired) electrons. The van der Waals surface area contributed by atoms with E-state index in [2.05, 4.69) is 75.6 Å². The van der Waals surface area contributed by atoms with Gasteiger partial charge in [-0.3, -0.25) is 9.69 Å². The number of H-pyrrole nitrogens is 1. The van der Waals surface area contributed by atoms with Crippen LogP contribution in [0.1, 0.15) is 48.9 Å². The van der Waals surface area contributed by atoms with Crippen molar-refractivity contribution in [2.45, 2.75) is 46.2 Å². The van der Waals surface area contributed by atoms with Crippen molar-refractivity contribution in [1.29, 1.82) is 0 Å². The standard InChI is InChI=1S/C25H29N5OS/c1-5-6-7-21-15-26-25(28-21)23(10-13-31)30-12-11-29(16-17(30)2)18(3)20-8-9-22-24(14-20)32-19(4)27-22/h8-10,13-15,17-18H,7,11-12,16H2,1-4H3,(H,26,28)/b23-10+. The van der Waals surface area contributed by atoms with Crippen LogP contribution < -0.4 is 0 Å². The van der Waals surface area contributed by atoms with Crippen LogP contribution in [0.4, 0.5) is 0 Å². The minimum Gasteiger partial charge on any atom is -0.363 e. The van der Waals surface area contributed by atoms with Gasteiger partial charge in [-0.2, -0.15) is 0 Å². The van der Waals surface area contributed by atoms with Crippen LogP contribution in [0.3, 0.4) is 0 Å². The third-order valence-corrected chi connectivity index (χ3v) is 7.00. The molecule has 7 heteroatoms. The highest BCUT2D eigenvalue weighted by atomic mass is 32.1. The molecule has 1 N–H and O–H groups in total. The summed E-state index contributed by atoms with van der Waals surface area (Å²) in [5.41, 5.74) is 4.13. The maximum absolute atomic E-state index is 11.4. The molecule has 4 rings (SSSR count). The third-order valence-electron chi connectivity index (χ3n) is 6.06. The van der Waals surface area contributed by atoms with Gasteiger partial charge in [-0.25, -0.2) is 9.97 Å². The zero-order valence-corrected chi connectivity index (χ0v) is 19.9. The normalized spacial score (nSPS) is 18.4. The summed E-state index contributed by atoms with van der Waals surface area (Å²) in [5, 5.41) is 1.10. The number of nitrogens with one attached hydrogen (secondary N) is 1. The Labute approximate surface area is 193 Å². The van der Waals surface area contributed by atoms with Crippen LogP contribution in [0, 0.1) is 18.8 Å². The number of rotatable bonds is 6. The predicted octanol–water partition coefficient (Wildman–Crippen LogP) is 4.20. The van der Waals surface area contributed by atoms with Crippen molar-refractivity contribution in [2.75, 3.05) is 19.6 Å². The predicted molar refractivity (Wildman–Crippen MR) is 130 cm³/mol. The van der Waals surface area contributed by atoms with Crippen molar-refractivity contribution in [2.24, 2.45) is 0 Å². The fourth-order valence-electron chi connectivity index (χ4n) is 4.36. The molecule has 1 fully saturated rings. The summed E-state index contributed by atoms with van der Waals surface area (Å²) in [7, 11) is 0. The molecule has 2 atom stereocenters. The first-order valence-electron chi connectivity index (χ1n) is 11.0. The molecule has 1 aliphatic heterocycles. The molecule has 3 aromatic rings. The average molecular weight is 448 g/mol. The number of aromatic nitrogens is 3. The van der Waals surface area contributed by atoms with E-state index in [1.54, 1.807) is 17.4 Å². The second kappa shape index (κ2) is 9.68. The Morgan fingerprint density at radius 2 is 2.22 bits per heavy atom. The molecule has 6 nitrogen and oxygen atoms in total. The molecule has 1 aromatic carbocycles. The molecule has 1 aliphatic rings. The number of aromatic amines is 1. The minimum absolute atomic E-state index is 0.246. The van der Waals surface area contributed by atoms with Gasteiger partial charge < -0.3 is 9.88 Å². The molecule has 0 aliphatic carbocycles. The lowest BCUT2D eigenvalue weighted by Gasteiger charge is -2.44. The number of thiazole rings is 1. The molecule has 0 spiro atoms. The summed E-state index contributed by atoms with van der Waals surface area (Å²) < 4.78 is 1.25. The second-order valence-corrected chi connectivity index (χ2v) is 9.44. The Kier molecular flexibility index (Phi) is 6.73. The Balaban J connectivity index is 1.49. The quantitative estimate of drug-likeness (QED) is 0.349. The lowest BCUT2D eigenvalue weighted by molar-refractivity contribution is -0.104. The van der Waals surface area contributed by atoms with Crippen molar-refractivity contribution in [3.8, 4) is 11.8 Å². The van der Waals surface area contributed by atoms with Gasteiger partial charge in [0.1, 0.15) is 6.29 Å². The summed E-state index contributed by atoms with van der Waals surface area (Å²) >= 11 is 1.75. The number of hydrogen-bond acceptors (Lipinski definition) is 6. The lowest BCUT2D eigenvalue weighted by atomic mass is 10.0. The molecule has 166 valence electrons. The summed E-state index contributed by atoms with van der Waals surface area (Å²) in [6, 6.07) is 7.17. The maximum Gasteiger partial charge on any atom is 0.154 e. The van der Waals surface area contributed by atoms with Gasteiger partial charge >= 0.3 is 0 Å². The van der Waals surface area contributed by atoms with Crippen molar-refractivity contribution in [1.82, 2.24) is 24.8 Å². The number of carbonyl (C=O) groups excluding carboxylic acids is 1. The summed E-state index contributed by atoms with van der Waals surface area (Å²) in [4.78, 5) is 28.7. The van der Waals surface area contributed by atoms with E-state index in [1.807, 2.05) is 13.1 Å². The number of aryl methyl sites for hydroxylation is 1. The van der Waals surface area contributed by atoms with Crippen molar-refractivity contribution in [3.05, 3.63) is 52.6 Å². The first-order valence-corrected chi connectivity index (χ1v) is 11.8. The van der Waals surface area contributed by atoms with E-state index in [1.165, 1.54) is 10.3 Å². The van der Waals surface area contributed by atoms with Crippen LogP contribution in [0.15, 0.2) is 30.5 Å². The lowest BCUT2D eigenvalue weighted by Crippen LogP contribution is -2.51. The summed E-state index contributed by atoms with van der Waals surface area (Å²) in [5.74, 6) is 6.66. The number of nitrogens with zero attached hydrogens (tertiary/aromatic N) is 4. The van der Waals surface area contributed by atoms with E-state index in [9.17, 15) is 4.79 Å². The number of piperazine rings is 1. The molecule has 2 unspecified atom stereocenters. The molecular weight excluding hydrogens is 418 g/mol. The van der Waals surface area contributed by atoms with Gasteiger partial charge in [0.05, 0.1) is 33.0 Å². The molecular formula is C25H29N5OS. The zero-order valence-electron chi connectivity index (χ0n) is 19.1. The Hall–Kier alpha value is -2.95. The maximum atomic E-state index is 11.4. The second-order valence-electron chi connectivity index (χ2n) is 8.21. The molecule has 3 heterocycles. The van der Waals surface area contributed by atoms with Crippen LogP contribution in [0.2, 0.25) is 0 Å². The molecule has 0 amide bonds. The first kappa shape index (κ1) is 22.3. The van der Waals surface area contributed by atoms with Gasteiger partial charge in [-0.1, -0.05) is 12.0 Å². The highest BCUT2D eigenvalue weighted by Crippen LogP contribution is 2.30. The number of benzene rings is 1. The molecule has 2 aromatic heterocycles. The fraction of sp³-hybridized carbons (Fsp3) is 0.400. The Morgan fingerprint density at radius 3 is 2.97 bits per heavy atom. The smallest absolute Gasteiger partial charge is 0.154 e. The molecule has 32 heavy (non-hydrogen) atoms. The van der Waals surface area contributed by atoms with Gasteiger partial charge in [0.2, 0.25) is 0 Å². The van der Waals surface area contributed by atoms with E-state index in [0.29, 0.717) is 12.5 Å². The number of carbonyl (C=O) groups is 1. The van der Waals surface area contributed by atoms with Gasteiger partial charge in [0, 0.05) is 44.0 Å². The highest BCUT2D eigenvalue weighted by Gasteiger charge is 2.30.